The maximum atomic E-state index is 5.47. The molecule has 1 aliphatic rings. The van der Waals surface area contributed by atoms with E-state index in [2.05, 4.69) is 30.7 Å². The van der Waals surface area contributed by atoms with Crippen LogP contribution in [-0.2, 0) is 24.1 Å². The van der Waals surface area contributed by atoms with Crippen molar-refractivity contribution in [1.82, 2.24) is 14.9 Å². The molecule has 4 heteroatoms. The topological polar surface area (TPSA) is 39.1 Å². The number of nitrogens with zero attached hydrogens (tertiary/aromatic N) is 2. The second kappa shape index (κ2) is 7.23. The SMILES string of the molecule is CCCC(COC)n1c(CC(C)C)nc2c1CCNC2. The van der Waals surface area contributed by atoms with Crippen molar-refractivity contribution < 1.29 is 4.74 Å². The molecule has 1 atom stereocenters. The first-order valence-electron chi connectivity index (χ1n) is 7.95. The number of imidazole rings is 1. The molecule has 1 aromatic rings. The highest BCUT2D eigenvalue weighted by atomic mass is 16.5. The van der Waals surface area contributed by atoms with Gasteiger partial charge in [-0.25, -0.2) is 4.98 Å². The number of nitrogens with one attached hydrogen (secondary N) is 1. The molecular weight excluding hydrogens is 250 g/mol. The average molecular weight is 279 g/mol. The fraction of sp³-hybridized carbons (Fsp3) is 0.812. The van der Waals surface area contributed by atoms with Crippen LogP contribution in [0.2, 0.25) is 0 Å². The number of methoxy groups -OCH3 is 1. The third-order valence-electron chi connectivity index (χ3n) is 3.93. The van der Waals surface area contributed by atoms with Crippen LogP contribution in [0.5, 0.6) is 0 Å². The Morgan fingerprint density at radius 3 is 2.85 bits per heavy atom. The summed E-state index contributed by atoms with van der Waals surface area (Å²) in [6.45, 7) is 9.54. The standard InChI is InChI=1S/C16H29N3O/c1-5-6-13(11-20-4)19-15-7-8-17-10-14(15)18-16(19)9-12(2)3/h12-13,17H,5-11H2,1-4H3. The summed E-state index contributed by atoms with van der Waals surface area (Å²) in [5.41, 5.74) is 2.69. The lowest BCUT2D eigenvalue weighted by Gasteiger charge is -2.24. The summed E-state index contributed by atoms with van der Waals surface area (Å²) in [7, 11) is 1.80. The average Bonchev–Trinajstić information content (AvgIpc) is 2.75. The van der Waals surface area contributed by atoms with Gasteiger partial charge < -0.3 is 14.6 Å². The van der Waals surface area contributed by atoms with E-state index in [1.807, 2.05) is 0 Å². The predicted octanol–water partition coefficient (Wildman–Crippen LogP) is 2.71. The summed E-state index contributed by atoms with van der Waals surface area (Å²) in [6, 6.07) is 0.438. The van der Waals surface area contributed by atoms with Gasteiger partial charge in [-0.3, -0.25) is 0 Å². The minimum absolute atomic E-state index is 0.438. The van der Waals surface area contributed by atoms with Crippen molar-refractivity contribution in [2.45, 2.75) is 59.0 Å². The zero-order valence-electron chi connectivity index (χ0n) is 13.4. The van der Waals surface area contributed by atoms with Crippen LogP contribution < -0.4 is 5.32 Å². The zero-order valence-corrected chi connectivity index (χ0v) is 13.4. The van der Waals surface area contributed by atoms with Gasteiger partial charge in [0.1, 0.15) is 5.82 Å². The summed E-state index contributed by atoms with van der Waals surface area (Å²) in [6.07, 6.45) is 4.48. The Morgan fingerprint density at radius 1 is 1.40 bits per heavy atom. The monoisotopic (exact) mass is 279 g/mol. The predicted molar refractivity (Wildman–Crippen MR) is 82.0 cm³/mol. The van der Waals surface area contributed by atoms with Gasteiger partial charge in [-0.05, 0) is 12.3 Å². The van der Waals surface area contributed by atoms with Crippen LogP contribution in [0.15, 0.2) is 0 Å². The van der Waals surface area contributed by atoms with Gasteiger partial charge in [-0.1, -0.05) is 27.2 Å². The van der Waals surface area contributed by atoms with Crippen molar-refractivity contribution >= 4 is 0 Å². The van der Waals surface area contributed by atoms with Crippen LogP contribution in [0.3, 0.4) is 0 Å². The molecule has 1 unspecified atom stereocenters. The van der Waals surface area contributed by atoms with Gasteiger partial charge in [-0.2, -0.15) is 0 Å². The number of hydrogen-bond acceptors (Lipinski definition) is 3. The molecule has 0 saturated carbocycles. The van der Waals surface area contributed by atoms with Crippen molar-refractivity contribution in [2.75, 3.05) is 20.3 Å². The molecule has 1 aliphatic heterocycles. The first-order valence-corrected chi connectivity index (χ1v) is 7.95. The minimum Gasteiger partial charge on any atom is -0.383 e. The molecule has 0 fully saturated rings. The molecule has 2 rings (SSSR count). The van der Waals surface area contributed by atoms with Crippen LogP contribution >= 0.6 is 0 Å². The van der Waals surface area contributed by atoms with Gasteiger partial charge in [-0.15, -0.1) is 0 Å². The number of hydrogen-bond donors (Lipinski definition) is 1. The van der Waals surface area contributed by atoms with Crippen molar-refractivity contribution in [2.24, 2.45) is 5.92 Å². The lowest BCUT2D eigenvalue weighted by Crippen LogP contribution is -2.27. The Kier molecular flexibility index (Phi) is 5.61. The highest BCUT2D eigenvalue weighted by Gasteiger charge is 2.24. The smallest absolute Gasteiger partial charge is 0.109 e. The van der Waals surface area contributed by atoms with Crippen molar-refractivity contribution in [3.8, 4) is 0 Å². The molecule has 0 bridgehead atoms. The third-order valence-corrected chi connectivity index (χ3v) is 3.93. The fourth-order valence-corrected chi connectivity index (χ4v) is 3.14. The largest absolute Gasteiger partial charge is 0.383 e. The molecule has 4 nitrogen and oxygen atoms in total. The van der Waals surface area contributed by atoms with Crippen LogP contribution in [0.25, 0.3) is 0 Å². The normalized spacial score (nSPS) is 16.4. The van der Waals surface area contributed by atoms with Gasteiger partial charge >= 0.3 is 0 Å². The molecule has 20 heavy (non-hydrogen) atoms. The Morgan fingerprint density at radius 2 is 2.20 bits per heavy atom. The van der Waals surface area contributed by atoms with E-state index in [1.54, 1.807) is 7.11 Å². The van der Waals surface area contributed by atoms with Crippen LogP contribution in [0.1, 0.15) is 56.9 Å². The molecule has 0 aliphatic carbocycles. The summed E-state index contributed by atoms with van der Waals surface area (Å²) < 4.78 is 7.97. The van der Waals surface area contributed by atoms with Gasteiger partial charge in [0.2, 0.25) is 0 Å². The van der Waals surface area contributed by atoms with E-state index >= 15 is 0 Å². The summed E-state index contributed by atoms with van der Waals surface area (Å²) in [5, 5.41) is 3.43. The Hall–Kier alpha value is -0.870. The maximum Gasteiger partial charge on any atom is 0.109 e. The molecule has 0 amide bonds. The molecule has 0 radical (unpaired) electrons. The Bertz CT molecular complexity index is 420. The van der Waals surface area contributed by atoms with E-state index in [1.165, 1.54) is 23.6 Å². The summed E-state index contributed by atoms with van der Waals surface area (Å²) in [4.78, 5) is 4.92. The van der Waals surface area contributed by atoms with Crippen molar-refractivity contribution in [1.29, 1.82) is 0 Å². The molecule has 1 N–H and O–H groups in total. The third kappa shape index (κ3) is 3.41. The first-order chi connectivity index (χ1) is 9.67. The van der Waals surface area contributed by atoms with Crippen LogP contribution in [0.4, 0.5) is 0 Å². The van der Waals surface area contributed by atoms with E-state index in [0.29, 0.717) is 12.0 Å². The van der Waals surface area contributed by atoms with E-state index < -0.39 is 0 Å². The molecule has 0 saturated heterocycles. The lowest BCUT2D eigenvalue weighted by atomic mass is 10.1. The highest BCUT2D eigenvalue weighted by molar-refractivity contribution is 5.21. The number of fused-ring (bicyclic) bond motifs is 1. The zero-order chi connectivity index (χ0) is 14.5. The van der Waals surface area contributed by atoms with Gasteiger partial charge in [0, 0.05) is 38.7 Å². The highest BCUT2D eigenvalue weighted by Crippen LogP contribution is 2.26. The molecule has 0 aromatic carbocycles. The number of ether oxygens (including phenoxy) is 1. The van der Waals surface area contributed by atoms with Gasteiger partial charge in [0.25, 0.3) is 0 Å². The van der Waals surface area contributed by atoms with E-state index in [9.17, 15) is 0 Å². The fourth-order valence-electron chi connectivity index (χ4n) is 3.14. The summed E-state index contributed by atoms with van der Waals surface area (Å²) >= 11 is 0. The minimum atomic E-state index is 0.438. The molecule has 1 aromatic heterocycles. The first kappa shape index (κ1) is 15.5. The molecule has 0 spiro atoms. The number of aromatic nitrogens is 2. The second-order valence-corrected chi connectivity index (χ2v) is 6.21. The van der Waals surface area contributed by atoms with Crippen molar-refractivity contribution in [3.63, 3.8) is 0 Å². The molecule has 114 valence electrons. The van der Waals surface area contributed by atoms with E-state index in [0.717, 1.165) is 39.0 Å². The Labute approximate surface area is 122 Å². The maximum absolute atomic E-state index is 5.47. The van der Waals surface area contributed by atoms with E-state index in [4.69, 9.17) is 9.72 Å². The van der Waals surface area contributed by atoms with Gasteiger partial charge in [0.15, 0.2) is 0 Å². The van der Waals surface area contributed by atoms with Crippen molar-refractivity contribution in [3.05, 3.63) is 17.2 Å². The quantitative estimate of drug-likeness (QED) is 0.834. The number of rotatable bonds is 7. The molecular formula is C16H29N3O. The lowest BCUT2D eigenvalue weighted by molar-refractivity contribution is 0.147. The molecule has 2 heterocycles. The van der Waals surface area contributed by atoms with Gasteiger partial charge in [0.05, 0.1) is 18.3 Å². The van der Waals surface area contributed by atoms with Crippen LogP contribution in [-0.4, -0.2) is 29.8 Å². The second-order valence-electron chi connectivity index (χ2n) is 6.21. The van der Waals surface area contributed by atoms with E-state index in [-0.39, 0.29) is 0 Å². The summed E-state index contributed by atoms with van der Waals surface area (Å²) in [5.74, 6) is 1.89. The Balaban J connectivity index is 2.37. The van der Waals surface area contributed by atoms with Crippen LogP contribution in [0, 0.1) is 5.92 Å².